The van der Waals surface area contributed by atoms with Gasteiger partial charge in [0.05, 0.1) is 5.76 Å². The summed E-state index contributed by atoms with van der Waals surface area (Å²) in [5.41, 5.74) is 12.6. The molecule has 0 saturated heterocycles. The van der Waals surface area contributed by atoms with E-state index in [9.17, 15) is 26.7 Å². The van der Waals surface area contributed by atoms with Crippen molar-refractivity contribution < 1.29 is 92.2 Å². The second kappa shape index (κ2) is 30.4. The third-order valence-electron chi connectivity index (χ3n) is 16.6. The van der Waals surface area contributed by atoms with Crippen LogP contribution >= 0.6 is 0 Å². The zero-order chi connectivity index (χ0) is 65.8. The van der Waals surface area contributed by atoms with Crippen molar-refractivity contribution in [2.45, 2.75) is 77.8 Å². The molecule has 6 aromatic heterocycles. The Bertz CT molecular complexity index is 4730. The van der Waals surface area contributed by atoms with Gasteiger partial charge in [-0.1, -0.05) is 131 Å². The minimum absolute atomic E-state index is 0. The first kappa shape index (κ1) is 72.9. The molecule has 96 heavy (non-hydrogen) atoms. The summed E-state index contributed by atoms with van der Waals surface area (Å²) in [4.78, 5) is 31.7. The third-order valence-corrected chi connectivity index (χ3v) is 16.6. The molecular weight excluding hydrogens is 1750 g/mol. The fourth-order valence-electron chi connectivity index (χ4n) is 12.4. The third kappa shape index (κ3) is 14.9. The number of hydrogen-bond donors (Lipinski definition) is 1. The Morgan fingerprint density at radius 3 is 1.32 bits per heavy atom. The van der Waals surface area contributed by atoms with Gasteiger partial charge in [-0.2, -0.15) is 13.2 Å². The normalized spacial score (nSPS) is 13.2. The maximum Gasteiger partial charge on any atom is 0.431 e. The number of ketones is 1. The van der Waals surface area contributed by atoms with E-state index < -0.39 is 11.9 Å². The summed E-state index contributed by atoms with van der Waals surface area (Å²) >= 11 is 0. The van der Waals surface area contributed by atoms with E-state index in [4.69, 9.17) is 5.11 Å². The van der Waals surface area contributed by atoms with E-state index in [1.807, 2.05) is 79.0 Å². The van der Waals surface area contributed by atoms with Crippen LogP contribution in [-0.2, 0) is 87.5 Å². The Hall–Kier alpha value is -8.91. The maximum absolute atomic E-state index is 14.4. The fraction of sp³-hybridized carbons (Fsp3) is 0.152. The zero-order valence-electron chi connectivity index (χ0n) is 53.2. The van der Waals surface area contributed by atoms with Crippen LogP contribution in [0.25, 0.3) is 88.7 Å². The van der Waals surface area contributed by atoms with Crippen molar-refractivity contribution >= 4 is 38.1 Å². The van der Waals surface area contributed by atoms with Crippen LogP contribution in [0.15, 0.2) is 225 Å². The van der Waals surface area contributed by atoms with Gasteiger partial charge in [0.1, 0.15) is 5.69 Å². The summed E-state index contributed by atoms with van der Waals surface area (Å²) in [6.07, 6.45) is 5.43. The Labute approximate surface area is 595 Å². The summed E-state index contributed by atoms with van der Waals surface area (Å²) in [5.74, 6) is -0.429. The Balaban J connectivity index is 0.000000150. The van der Waals surface area contributed by atoms with E-state index in [1.54, 1.807) is 48.9 Å². The molecule has 0 aliphatic heterocycles. The average Bonchev–Trinajstić information content (AvgIpc) is 0.737. The van der Waals surface area contributed by atoms with E-state index in [1.165, 1.54) is 60.2 Å². The molecule has 0 atom stereocenters. The Kier molecular flexibility index (Phi) is 23.1. The number of aliphatic hydroxyl groups excluding tert-OH is 1. The number of pyridine rings is 5. The van der Waals surface area contributed by atoms with E-state index >= 15 is 0 Å². The number of benzene rings is 7. The number of allylic oxidation sites excluding steroid dienone is 2. The number of fused-ring (bicyclic) bond motifs is 6. The molecule has 0 amide bonds. The van der Waals surface area contributed by atoms with Crippen LogP contribution in [0, 0.1) is 35.9 Å². The average molecular weight is 1810 g/mol. The van der Waals surface area contributed by atoms with Gasteiger partial charge in [0.25, 0.3) is 0 Å². The minimum atomic E-state index is -4.46. The molecule has 0 fully saturated rings. The predicted octanol–water partition coefficient (Wildman–Crippen LogP) is 19.0. The number of carbonyl (C=O) groups excluding carboxylic acids is 1. The molecule has 0 unspecified atom stereocenters. The van der Waals surface area contributed by atoms with Gasteiger partial charge in [-0.15, -0.1) is 119 Å². The number of alkyl halides is 3. The standard InChI is InChI=1S/2C18H13FN.C18H14N.C11H8N.C9H5F3N3.C5H8O2.3Ir/c2*1-18(2)13-7-3-5-11-9-10-20-17(15(11)13)12-6-4-8-14(19)16(12)18;1-18(2)14-8-4-3-7-13(14)17-16-12(10-11-19-17)6-5-9-15(16)18;1-2-6-10(7-3-1)11-8-4-5-9-12-11;10-9(11,12)8-5-7(14-15-8)6-3-1-2-4-13-6;1-4(6)3-5(2)7;;;/h2*3-5,7-10H,1-2H3;3-6,8-11H,1-2H3;1-6,8-9H;1-5H;3,6H,1-2H3;;;/q5*-1;;;;. The predicted molar refractivity (Wildman–Crippen MR) is 356 cm³/mol. The van der Waals surface area contributed by atoms with E-state index in [0.717, 1.165) is 83.8 Å². The summed E-state index contributed by atoms with van der Waals surface area (Å²) in [6, 6.07) is 69.8. The van der Waals surface area contributed by atoms with Gasteiger partial charge in [-0.25, -0.2) is 8.78 Å². The summed E-state index contributed by atoms with van der Waals surface area (Å²) in [6.45, 7) is 15.7. The van der Waals surface area contributed by atoms with Crippen molar-refractivity contribution in [1.82, 2.24) is 35.1 Å². The SMILES string of the molecule is CC(=O)C=C(C)O.CC1(C)c2c([c-]ccc2F)-c2nccc3cccc1c23.CC1(C)c2c([c-]ccc2F)-c2nccc3cccc1c23.CC1(C)c2ccc[c-]c2-c2nccc3cccc1c23.FC(F)(F)c1cc(-c2ccccn2)[n-]n1.[Ir].[Ir].[Ir].[c-]1ccccc1-c1ccccn1. The van der Waals surface area contributed by atoms with Crippen molar-refractivity contribution in [1.29, 1.82) is 0 Å². The number of rotatable bonds is 3. The molecule has 3 radical (unpaired) electrons. The minimum Gasteiger partial charge on any atom is -0.573 e. The van der Waals surface area contributed by atoms with Crippen molar-refractivity contribution in [3.8, 4) is 56.4 Å². The molecule has 16 rings (SSSR count). The van der Waals surface area contributed by atoms with Crippen LogP contribution in [0.1, 0.15) is 94.5 Å². The number of nitrogens with zero attached hydrogens (tertiary/aromatic N) is 7. The van der Waals surface area contributed by atoms with Gasteiger partial charge in [-0.3, -0.25) is 9.78 Å². The second-order valence-corrected chi connectivity index (χ2v) is 23.9. The smallest absolute Gasteiger partial charge is 0.431 e. The zero-order valence-corrected chi connectivity index (χ0v) is 60.3. The van der Waals surface area contributed by atoms with Gasteiger partial charge in [0, 0.05) is 115 Å². The van der Waals surface area contributed by atoms with E-state index in [0.29, 0.717) is 16.8 Å². The summed E-state index contributed by atoms with van der Waals surface area (Å²) in [5, 5.41) is 21.9. The largest absolute Gasteiger partial charge is 0.573 e. The first-order valence-electron chi connectivity index (χ1n) is 29.9. The molecule has 3 aliphatic carbocycles. The van der Waals surface area contributed by atoms with Gasteiger partial charge in [-0.05, 0) is 144 Å². The van der Waals surface area contributed by atoms with Gasteiger partial charge in [0.2, 0.25) is 0 Å². The molecule has 13 aromatic rings. The van der Waals surface area contributed by atoms with Crippen LogP contribution in [0.4, 0.5) is 22.0 Å². The molecule has 9 nitrogen and oxygen atoms in total. The number of carbonyl (C=O) groups is 1. The second-order valence-electron chi connectivity index (χ2n) is 23.9. The van der Waals surface area contributed by atoms with Crippen molar-refractivity contribution in [2.75, 3.05) is 0 Å². The van der Waals surface area contributed by atoms with Crippen LogP contribution in [0.3, 0.4) is 0 Å². The molecule has 0 bridgehead atoms. The molecular formula is C79H61F5Ir3N7O2-5. The van der Waals surface area contributed by atoms with Gasteiger partial charge >= 0.3 is 6.18 Å². The van der Waals surface area contributed by atoms with Crippen LogP contribution < -0.4 is 5.10 Å². The van der Waals surface area contributed by atoms with Gasteiger partial charge < -0.3 is 35.2 Å². The van der Waals surface area contributed by atoms with Gasteiger partial charge in [0.15, 0.2) is 5.78 Å². The van der Waals surface area contributed by atoms with Crippen molar-refractivity contribution in [3.05, 3.63) is 300 Å². The quantitative estimate of drug-likeness (QED) is 0.0796. The molecule has 0 saturated carbocycles. The van der Waals surface area contributed by atoms with E-state index in [2.05, 4.69) is 162 Å². The van der Waals surface area contributed by atoms with Crippen LogP contribution in [0.5, 0.6) is 0 Å². The molecule has 17 heteroatoms. The molecule has 0 spiro atoms. The van der Waals surface area contributed by atoms with E-state index in [-0.39, 0.29) is 105 Å². The number of aliphatic hydroxyl groups is 1. The summed E-state index contributed by atoms with van der Waals surface area (Å²) in [7, 11) is 0. The number of halogens is 5. The molecule has 491 valence electrons. The van der Waals surface area contributed by atoms with Crippen LogP contribution in [-0.4, -0.2) is 40.9 Å². The van der Waals surface area contributed by atoms with Crippen LogP contribution in [0.2, 0.25) is 0 Å². The molecule has 6 heterocycles. The monoisotopic (exact) mass is 1810 g/mol. The maximum atomic E-state index is 14.4. The first-order valence-corrected chi connectivity index (χ1v) is 29.9. The summed E-state index contributed by atoms with van der Waals surface area (Å²) < 4.78 is 65.4. The van der Waals surface area contributed by atoms with Crippen molar-refractivity contribution in [2.24, 2.45) is 0 Å². The Morgan fingerprint density at radius 2 is 0.906 bits per heavy atom. The fourth-order valence-corrected chi connectivity index (χ4v) is 12.4. The molecule has 7 aromatic carbocycles. The first-order chi connectivity index (χ1) is 44.6. The molecule has 3 aliphatic rings. The molecule has 1 N–H and O–H groups in total. The Morgan fingerprint density at radius 1 is 0.469 bits per heavy atom. The number of hydrogen-bond acceptors (Lipinski definition) is 8. The van der Waals surface area contributed by atoms with Crippen molar-refractivity contribution in [3.63, 3.8) is 0 Å². The number of aromatic nitrogens is 7. The topological polar surface area (TPSA) is 129 Å².